The second-order valence-electron chi connectivity index (χ2n) is 7.89. The van der Waals surface area contributed by atoms with Gasteiger partial charge in [-0.05, 0) is 31.4 Å². The highest BCUT2D eigenvalue weighted by Gasteiger charge is 2.40. The lowest BCUT2D eigenvalue weighted by molar-refractivity contribution is -0.130. The molecule has 0 saturated carbocycles. The Bertz CT molecular complexity index is 819. The number of amides is 1. The van der Waals surface area contributed by atoms with E-state index in [2.05, 4.69) is 46.3 Å². The second-order valence-corrected chi connectivity index (χ2v) is 7.89. The fourth-order valence-corrected chi connectivity index (χ4v) is 4.26. The first-order valence-electron chi connectivity index (χ1n) is 10.2. The largest absolute Gasteiger partial charge is 0.372 e. The fourth-order valence-electron chi connectivity index (χ4n) is 4.26. The number of carbonyl (C=O) groups is 1. The second kappa shape index (κ2) is 8.33. The van der Waals surface area contributed by atoms with Crippen molar-refractivity contribution in [3.63, 3.8) is 0 Å². The minimum absolute atomic E-state index is 0.108. The van der Waals surface area contributed by atoms with Gasteiger partial charge in [0.15, 0.2) is 0 Å². The number of piperidine rings is 1. The van der Waals surface area contributed by atoms with Gasteiger partial charge in [-0.15, -0.1) is 0 Å². The van der Waals surface area contributed by atoms with Crippen LogP contribution in [0, 0.1) is 6.92 Å². The van der Waals surface area contributed by atoms with E-state index in [4.69, 9.17) is 4.74 Å². The fraction of sp³-hybridized carbons (Fsp3) is 0.435. The lowest BCUT2D eigenvalue weighted by Gasteiger charge is -2.47. The van der Waals surface area contributed by atoms with Crippen LogP contribution in [0.3, 0.4) is 0 Å². The third kappa shape index (κ3) is 4.21. The van der Waals surface area contributed by atoms with Crippen LogP contribution >= 0.6 is 0 Å². The van der Waals surface area contributed by atoms with E-state index in [0.717, 1.165) is 63.4 Å². The first-order valence-corrected chi connectivity index (χ1v) is 10.2. The number of hydrogen-bond acceptors (Lipinski definition) is 3. The zero-order valence-corrected chi connectivity index (χ0v) is 16.6. The molecule has 1 amide bonds. The van der Waals surface area contributed by atoms with E-state index in [1.807, 2.05) is 30.2 Å². The van der Waals surface area contributed by atoms with Crippen LogP contribution in [0.15, 0.2) is 48.7 Å². The maximum atomic E-state index is 12.7. The summed E-state index contributed by atoms with van der Waals surface area (Å²) < 4.78 is 6.23. The number of ether oxygens (including phenoxy) is 1. The molecule has 28 heavy (non-hydrogen) atoms. The van der Waals surface area contributed by atoms with Gasteiger partial charge in [-0.3, -0.25) is 9.69 Å². The molecule has 0 radical (unpaired) electrons. The number of nitrogens with zero attached hydrogens (tertiary/aromatic N) is 2. The van der Waals surface area contributed by atoms with Crippen molar-refractivity contribution in [1.29, 1.82) is 0 Å². The van der Waals surface area contributed by atoms with Crippen molar-refractivity contribution in [2.45, 2.75) is 25.4 Å². The first kappa shape index (κ1) is 19.0. The summed E-state index contributed by atoms with van der Waals surface area (Å²) in [7, 11) is 0. The minimum atomic E-state index is -0.108. The summed E-state index contributed by atoms with van der Waals surface area (Å²) in [5, 5.41) is 0. The molecule has 2 fully saturated rings. The van der Waals surface area contributed by atoms with E-state index in [1.165, 1.54) is 5.56 Å². The number of likely N-dealkylation sites (tertiary alicyclic amines) is 1. The molecule has 0 aliphatic carbocycles. The van der Waals surface area contributed by atoms with Gasteiger partial charge in [0.2, 0.25) is 0 Å². The van der Waals surface area contributed by atoms with Crippen LogP contribution in [-0.4, -0.2) is 65.6 Å². The molecular weight excluding hydrogens is 350 g/mol. The normalized spacial score (nSPS) is 20.1. The third-order valence-electron chi connectivity index (χ3n) is 5.95. The number of aromatic amines is 1. The number of morpholine rings is 1. The Kier molecular flexibility index (Phi) is 5.64. The molecule has 0 unspecified atom stereocenters. The lowest BCUT2D eigenvalue weighted by atomic mass is 9.89. The molecule has 3 heterocycles. The van der Waals surface area contributed by atoms with E-state index in [1.54, 1.807) is 0 Å². The zero-order chi connectivity index (χ0) is 19.4. The van der Waals surface area contributed by atoms with Gasteiger partial charge in [0, 0.05) is 44.6 Å². The molecule has 2 aliphatic heterocycles. The highest BCUT2D eigenvalue weighted by atomic mass is 16.5. The predicted molar refractivity (Wildman–Crippen MR) is 111 cm³/mol. The van der Waals surface area contributed by atoms with Gasteiger partial charge in [0.05, 0.1) is 17.8 Å². The van der Waals surface area contributed by atoms with Crippen molar-refractivity contribution in [1.82, 2.24) is 14.8 Å². The highest BCUT2D eigenvalue weighted by molar-refractivity contribution is 5.95. The Morgan fingerprint density at radius 3 is 2.68 bits per heavy atom. The van der Waals surface area contributed by atoms with Gasteiger partial charge < -0.3 is 14.6 Å². The minimum Gasteiger partial charge on any atom is -0.372 e. The van der Waals surface area contributed by atoms with Crippen molar-refractivity contribution in [3.05, 3.63) is 65.5 Å². The third-order valence-corrected chi connectivity index (χ3v) is 5.95. The number of H-pyrrole nitrogens is 1. The van der Waals surface area contributed by atoms with Crippen LogP contribution in [0.25, 0.3) is 6.08 Å². The molecule has 0 bridgehead atoms. The van der Waals surface area contributed by atoms with Gasteiger partial charge in [-0.2, -0.15) is 0 Å². The number of benzene rings is 1. The number of aryl methyl sites for hydroxylation is 1. The summed E-state index contributed by atoms with van der Waals surface area (Å²) in [5.74, 6) is 0.132. The SMILES string of the molecule is Cc1[nH]ccc1C(=O)N1CCC2(CC1)CN(CC=Cc1ccccc1)CCO2. The Labute approximate surface area is 167 Å². The number of aromatic nitrogens is 1. The topological polar surface area (TPSA) is 48.6 Å². The molecule has 2 aromatic rings. The van der Waals surface area contributed by atoms with Crippen molar-refractivity contribution in [3.8, 4) is 0 Å². The van der Waals surface area contributed by atoms with E-state index < -0.39 is 0 Å². The summed E-state index contributed by atoms with van der Waals surface area (Å²) in [6.07, 6.45) is 8.06. The van der Waals surface area contributed by atoms with Crippen LogP contribution in [-0.2, 0) is 4.74 Å². The average molecular weight is 380 g/mol. The number of rotatable bonds is 4. The maximum Gasteiger partial charge on any atom is 0.255 e. The lowest BCUT2D eigenvalue weighted by Crippen LogP contribution is -2.57. The van der Waals surface area contributed by atoms with Gasteiger partial charge in [-0.25, -0.2) is 0 Å². The van der Waals surface area contributed by atoms with Crippen molar-refractivity contribution in [2.75, 3.05) is 39.3 Å². The quantitative estimate of drug-likeness (QED) is 0.886. The number of hydrogen-bond donors (Lipinski definition) is 1. The van der Waals surface area contributed by atoms with E-state index in [0.29, 0.717) is 0 Å². The number of nitrogens with one attached hydrogen (secondary N) is 1. The van der Waals surface area contributed by atoms with Crippen molar-refractivity contribution in [2.24, 2.45) is 0 Å². The van der Waals surface area contributed by atoms with Gasteiger partial charge >= 0.3 is 0 Å². The molecule has 1 N–H and O–H groups in total. The maximum absolute atomic E-state index is 12.7. The number of carbonyl (C=O) groups excluding carboxylic acids is 1. The molecule has 5 nitrogen and oxygen atoms in total. The van der Waals surface area contributed by atoms with Crippen molar-refractivity contribution < 1.29 is 9.53 Å². The molecule has 5 heteroatoms. The molecular formula is C23H29N3O2. The smallest absolute Gasteiger partial charge is 0.255 e. The summed E-state index contributed by atoms with van der Waals surface area (Å²) in [6, 6.07) is 12.3. The van der Waals surface area contributed by atoms with E-state index >= 15 is 0 Å². The standard InChI is InChI=1S/C23H29N3O2/c1-19-21(9-12-24-19)22(27)26-14-10-23(11-15-26)18-25(16-17-28-23)13-5-8-20-6-3-2-4-7-20/h2-9,12,24H,10-11,13-18H2,1H3. The van der Waals surface area contributed by atoms with Gasteiger partial charge in [-0.1, -0.05) is 42.5 Å². The summed E-state index contributed by atoms with van der Waals surface area (Å²) in [6.45, 7) is 7.08. The summed E-state index contributed by atoms with van der Waals surface area (Å²) in [5.41, 5.74) is 2.85. The molecule has 4 rings (SSSR count). The first-order chi connectivity index (χ1) is 13.7. The molecule has 2 saturated heterocycles. The van der Waals surface area contributed by atoms with Crippen LogP contribution < -0.4 is 0 Å². The average Bonchev–Trinajstić information content (AvgIpc) is 3.15. The molecule has 1 aromatic carbocycles. The molecule has 1 spiro atoms. The summed E-state index contributed by atoms with van der Waals surface area (Å²) in [4.78, 5) is 20.3. The summed E-state index contributed by atoms with van der Waals surface area (Å²) >= 11 is 0. The van der Waals surface area contributed by atoms with Gasteiger partial charge in [0.25, 0.3) is 5.91 Å². The van der Waals surface area contributed by atoms with Crippen molar-refractivity contribution >= 4 is 12.0 Å². The Hall–Kier alpha value is -2.37. The molecule has 2 aliphatic rings. The van der Waals surface area contributed by atoms with Crippen LogP contribution in [0.2, 0.25) is 0 Å². The molecule has 148 valence electrons. The van der Waals surface area contributed by atoms with Crippen LogP contribution in [0.5, 0.6) is 0 Å². The van der Waals surface area contributed by atoms with Crippen LogP contribution in [0.4, 0.5) is 0 Å². The Morgan fingerprint density at radius 1 is 1.18 bits per heavy atom. The monoisotopic (exact) mass is 379 g/mol. The van der Waals surface area contributed by atoms with Crippen LogP contribution in [0.1, 0.15) is 34.5 Å². The highest BCUT2D eigenvalue weighted by Crippen LogP contribution is 2.31. The van der Waals surface area contributed by atoms with E-state index in [9.17, 15) is 4.79 Å². The Morgan fingerprint density at radius 2 is 1.96 bits per heavy atom. The Balaban J connectivity index is 1.31. The zero-order valence-electron chi connectivity index (χ0n) is 16.6. The molecule has 0 atom stereocenters. The predicted octanol–water partition coefficient (Wildman–Crippen LogP) is 3.34. The van der Waals surface area contributed by atoms with Gasteiger partial charge in [0.1, 0.15) is 0 Å². The van der Waals surface area contributed by atoms with E-state index in [-0.39, 0.29) is 11.5 Å². The molecule has 1 aromatic heterocycles.